The third kappa shape index (κ3) is 27.2. The topological polar surface area (TPSA) is 66.8 Å². The van der Waals surface area contributed by atoms with Gasteiger partial charge < -0.3 is 7.96 Å². The summed E-state index contributed by atoms with van der Waals surface area (Å²) in [4.78, 5) is 11.6. The van der Waals surface area contributed by atoms with E-state index < -0.39 is 6.16 Å². The Morgan fingerprint density at radius 1 is 1.62 bits per heavy atom. The van der Waals surface area contributed by atoms with Crippen LogP contribution in [0.3, 0.4) is 0 Å². The van der Waals surface area contributed by atoms with Gasteiger partial charge in [0.2, 0.25) is 0 Å². The van der Waals surface area contributed by atoms with Crippen molar-refractivity contribution in [2.45, 2.75) is 0 Å². The molecule has 0 saturated carbocycles. The standard InChI is InChI=1S/CH2O4.Al.Mg.Zn.5H/c2-1(3)5-4;;;;;;;;/h4H,(H,2,3);;;;;;;;/q;;+2;;;;;2*-1. The van der Waals surface area contributed by atoms with E-state index in [0.717, 1.165) is 0 Å². The van der Waals surface area contributed by atoms with Crippen molar-refractivity contribution in [2.75, 3.05) is 0 Å². The summed E-state index contributed by atoms with van der Waals surface area (Å²) in [5, 5.41) is 14.3. The summed E-state index contributed by atoms with van der Waals surface area (Å²) in [6.07, 6.45) is -1.69. The molecular weight excluding hydrogens is 193 g/mol. The normalized spacial score (nSPS) is 4.12. The van der Waals surface area contributed by atoms with Gasteiger partial charge in [0.15, 0.2) is 17.4 Å². The van der Waals surface area contributed by atoms with Crippen LogP contribution in [0.1, 0.15) is 2.85 Å². The van der Waals surface area contributed by atoms with Gasteiger partial charge in [-0.2, -0.15) is 5.26 Å². The third-order valence-electron chi connectivity index (χ3n) is 0.0781. The fraction of sp³-hybridized carbons (Fsp3) is 0. The van der Waals surface area contributed by atoms with E-state index in [4.69, 9.17) is 15.2 Å². The van der Waals surface area contributed by atoms with E-state index in [-0.39, 0.29) is 62.7 Å². The molecule has 0 spiro atoms. The van der Waals surface area contributed by atoms with Crippen LogP contribution in [0.2, 0.25) is 0 Å². The van der Waals surface area contributed by atoms with E-state index in [1.807, 2.05) is 0 Å². The molecule has 0 rings (SSSR count). The number of carbonyl (C=O) groups is 1. The van der Waals surface area contributed by atoms with E-state index in [0.29, 0.717) is 0 Å². The molecule has 0 saturated heterocycles. The minimum absolute atomic E-state index is 0. The van der Waals surface area contributed by atoms with Crippen LogP contribution in [0.4, 0.5) is 4.79 Å². The van der Waals surface area contributed by atoms with Gasteiger partial charge in [0.1, 0.15) is 0 Å². The van der Waals surface area contributed by atoms with Crippen molar-refractivity contribution in [3.63, 3.8) is 0 Å². The summed E-state index contributed by atoms with van der Waals surface area (Å²) in [6.45, 7) is 0. The zero-order valence-corrected chi connectivity index (χ0v) is 8.01. The van der Waals surface area contributed by atoms with Gasteiger partial charge in [0, 0.05) is 19.5 Å². The molecule has 0 aliphatic rings. The zero-order chi connectivity index (χ0) is 4.28. The molecule has 2 N–H and O–H groups in total. The smallest absolute Gasteiger partial charge is 1.00 e. The van der Waals surface area contributed by atoms with Gasteiger partial charge in [-0.3, -0.25) is 4.89 Å². The van der Waals surface area contributed by atoms with Crippen molar-refractivity contribution in [3.05, 3.63) is 0 Å². The van der Waals surface area contributed by atoms with E-state index >= 15 is 0 Å². The molecule has 8 heavy (non-hydrogen) atoms. The van der Waals surface area contributed by atoms with Gasteiger partial charge in [-0.25, -0.2) is 4.79 Å². The van der Waals surface area contributed by atoms with Crippen LogP contribution in [-0.4, -0.2) is 56.9 Å². The van der Waals surface area contributed by atoms with Gasteiger partial charge >= 0.3 is 29.2 Å². The first-order valence-electron chi connectivity index (χ1n) is 0.814. The van der Waals surface area contributed by atoms with Crippen LogP contribution in [0.5, 0.6) is 0 Å². The van der Waals surface area contributed by atoms with E-state index in [1.165, 1.54) is 0 Å². The molecule has 0 amide bonds. The summed E-state index contributed by atoms with van der Waals surface area (Å²) in [5.74, 6) is 0. The Kier molecular flexibility index (Phi) is 45.0. The largest absolute Gasteiger partial charge is 2.00 e. The second-order valence-corrected chi connectivity index (χ2v) is 0.357. The maximum atomic E-state index is 8.90. The molecule has 0 aliphatic heterocycles. The van der Waals surface area contributed by atoms with Gasteiger partial charge in [0.05, 0.1) is 0 Å². The predicted molar refractivity (Wildman–Crippen MR) is 29.7 cm³/mol. The Hall–Kier alpha value is 1.15. The monoisotopic (exact) mass is 198 g/mol. The number of hydrogen-bond donors (Lipinski definition) is 2. The van der Waals surface area contributed by atoms with E-state index in [9.17, 15) is 0 Å². The van der Waals surface area contributed by atoms with Crippen LogP contribution in [0, 0.1) is 0 Å². The number of carboxylic acid groups (broad SMARTS) is 1. The maximum absolute atomic E-state index is 8.90. The Balaban J connectivity index is -0.00000000800. The molecule has 0 radical (unpaired) electrons. The Morgan fingerprint density at radius 2 is 1.75 bits per heavy atom. The molecular formula is CH7AlMgO4Zn. The molecule has 0 atom stereocenters. The van der Waals surface area contributed by atoms with Crippen LogP contribution >= 0.6 is 0 Å². The second-order valence-electron chi connectivity index (χ2n) is 0.357. The number of hydrogen-bond acceptors (Lipinski definition) is 3. The van der Waals surface area contributed by atoms with Gasteiger partial charge in [-0.1, -0.05) is 0 Å². The van der Waals surface area contributed by atoms with Gasteiger partial charge in [0.25, 0.3) is 0 Å². The first kappa shape index (κ1) is 22.9. The van der Waals surface area contributed by atoms with Crippen molar-refractivity contribution < 1.29 is 42.4 Å². The molecule has 0 aromatic carbocycles. The molecule has 0 aromatic heterocycles. The molecule has 0 heterocycles. The van der Waals surface area contributed by atoms with Crippen molar-refractivity contribution in [1.82, 2.24) is 0 Å². The summed E-state index contributed by atoms with van der Waals surface area (Å²) < 4.78 is 0. The van der Waals surface area contributed by atoms with Crippen molar-refractivity contribution in [3.8, 4) is 0 Å². The van der Waals surface area contributed by atoms with Gasteiger partial charge in [-0.15, -0.1) is 0 Å². The predicted octanol–water partition coefficient (Wildman–Crippen LogP) is -1.19. The van der Waals surface area contributed by atoms with Crippen molar-refractivity contribution >= 4 is 46.6 Å². The molecule has 42 valence electrons. The molecule has 0 aromatic rings. The molecule has 0 bridgehead atoms. The van der Waals surface area contributed by atoms with Crippen LogP contribution in [-0.2, 0) is 24.4 Å². The minimum atomic E-state index is -1.69. The van der Waals surface area contributed by atoms with E-state index in [1.54, 1.807) is 0 Å². The van der Waals surface area contributed by atoms with Gasteiger partial charge in [-0.05, 0) is 0 Å². The first-order valence-corrected chi connectivity index (χ1v) is 0.814. The fourth-order valence-corrected chi connectivity index (χ4v) is 0. The average Bonchev–Trinajstić information content (AvgIpc) is 1.38. The molecule has 0 aliphatic carbocycles. The van der Waals surface area contributed by atoms with E-state index in [2.05, 4.69) is 4.89 Å². The van der Waals surface area contributed by atoms with Crippen molar-refractivity contribution in [1.29, 1.82) is 0 Å². The average molecular weight is 200 g/mol. The summed E-state index contributed by atoms with van der Waals surface area (Å²) >= 11 is 0. The Bertz CT molecular complexity index is 58.5. The Labute approximate surface area is 88.5 Å². The molecule has 0 unspecified atom stereocenters. The quantitative estimate of drug-likeness (QED) is 0.293. The van der Waals surface area contributed by atoms with Crippen LogP contribution in [0.25, 0.3) is 0 Å². The Morgan fingerprint density at radius 3 is 1.75 bits per heavy atom. The number of rotatable bonds is 0. The zero-order valence-electron chi connectivity index (χ0n) is 5.63. The van der Waals surface area contributed by atoms with Crippen LogP contribution in [0.15, 0.2) is 0 Å². The first-order chi connectivity index (χ1) is 2.27. The summed E-state index contributed by atoms with van der Waals surface area (Å²) in [7, 11) is 0. The van der Waals surface area contributed by atoms with Crippen molar-refractivity contribution in [2.24, 2.45) is 0 Å². The molecule has 0 fully saturated rings. The fourth-order valence-electron chi connectivity index (χ4n) is 0. The summed E-state index contributed by atoms with van der Waals surface area (Å²) in [5.41, 5.74) is 0. The maximum Gasteiger partial charge on any atom is 2.00 e. The third-order valence-corrected chi connectivity index (χ3v) is 0.0781. The van der Waals surface area contributed by atoms with Crippen LogP contribution < -0.4 is 0 Å². The minimum Gasteiger partial charge on any atom is -1.00 e. The SMILES string of the molecule is O=C(O)OO.[AlH3].[H-].[H-].[Mg+2].[Zn]. The molecule has 7 heteroatoms. The second kappa shape index (κ2) is 15.7. The summed E-state index contributed by atoms with van der Waals surface area (Å²) in [6, 6.07) is 0. The molecule has 4 nitrogen and oxygen atoms in total.